The largest absolute Gasteiger partial charge is 0.439 e. The van der Waals surface area contributed by atoms with Crippen molar-refractivity contribution >= 4 is 6.09 Å². The van der Waals surface area contributed by atoms with Gasteiger partial charge in [-0.1, -0.05) is 24.0 Å². The average Bonchev–Trinajstić information content (AvgIpc) is 3.07. The van der Waals surface area contributed by atoms with Gasteiger partial charge in [0.1, 0.15) is 6.04 Å². The summed E-state index contributed by atoms with van der Waals surface area (Å²) < 4.78 is 31.2. The van der Waals surface area contributed by atoms with Gasteiger partial charge in [-0.3, -0.25) is 4.98 Å². The van der Waals surface area contributed by atoms with Crippen LogP contribution in [0.15, 0.2) is 42.7 Å². The Hall–Kier alpha value is -3.45. The molecule has 28 heavy (non-hydrogen) atoms. The highest BCUT2D eigenvalue weighted by Gasteiger charge is 2.44. The molecule has 0 bridgehead atoms. The van der Waals surface area contributed by atoms with E-state index in [9.17, 15) is 13.6 Å². The second-order valence-corrected chi connectivity index (χ2v) is 6.92. The quantitative estimate of drug-likeness (QED) is 0.804. The predicted octanol–water partition coefficient (Wildman–Crippen LogP) is 3.87. The first-order valence-corrected chi connectivity index (χ1v) is 8.75. The zero-order chi connectivity index (χ0) is 19.7. The average molecular weight is 379 g/mol. The molecule has 0 radical (unpaired) electrons. The fourth-order valence-corrected chi connectivity index (χ4v) is 3.37. The van der Waals surface area contributed by atoms with Gasteiger partial charge in [0.2, 0.25) is 0 Å². The summed E-state index contributed by atoms with van der Waals surface area (Å²) in [4.78, 5) is 16.0. The number of halogens is 2. The van der Waals surface area contributed by atoms with Crippen LogP contribution in [0.4, 0.5) is 13.6 Å². The molecule has 1 aliphatic carbocycles. The molecule has 1 aromatic heterocycles. The second kappa shape index (κ2) is 6.94. The van der Waals surface area contributed by atoms with Crippen LogP contribution in [-0.2, 0) is 4.74 Å². The number of benzene rings is 1. The van der Waals surface area contributed by atoms with E-state index in [0.717, 1.165) is 0 Å². The van der Waals surface area contributed by atoms with Crippen molar-refractivity contribution in [2.75, 3.05) is 0 Å². The summed E-state index contributed by atoms with van der Waals surface area (Å²) in [5.41, 5.74) is 2.42. The molecule has 7 heteroatoms. The Labute approximate surface area is 160 Å². The van der Waals surface area contributed by atoms with E-state index in [-0.39, 0.29) is 18.8 Å². The first-order chi connectivity index (χ1) is 13.4. The zero-order valence-electron chi connectivity index (χ0n) is 14.7. The minimum atomic E-state index is -2.60. The summed E-state index contributed by atoms with van der Waals surface area (Å²) in [6, 6.07) is 10.2. The highest BCUT2D eigenvalue weighted by Crippen LogP contribution is 2.42. The third-order valence-electron chi connectivity index (χ3n) is 4.78. The third-order valence-corrected chi connectivity index (χ3v) is 4.78. The Balaban J connectivity index is 1.58. The number of nitrogens with zero attached hydrogens (tertiary/aromatic N) is 2. The highest BCUT2D eigenvalue weighted by molar-refractivity contribution is 5.71. The molecule has 1 aromatic carbocycles. The topological polar surface area (TPSA) is 75.0 Å². The lowest BCUT2D eigenvalue weighted by molar-refractivity contribution is -0.0936. The smallest absolute Gasteiger partial charge is 0.408 e. The Morgan fingerprint density at radius 3 is 2.71 bits per heavy atom. The maximum Gasteiger partial charge on any atom is 0.408 e. The first kappa shape index (κ1) is 17.9. The van der Waals surface area contributed by atoms with E-state index in [1.54, 1.807) is 42.7 Å². The maximum absolute atomic E-state index is 12.9. The minimum Gasteiger partial charge on any atom is -0.439 e. The SMILES string of the molecule is N#Cc1cccc([C@H]2OC(=O)N[C@@H]2c2cncc(C#CC3CC(F)(F)C3)c2)c1. The van der Waals surface area contributed by atoms with Crippen LogP contribution in [0.25, 0.3) is 0 Å². The van der Waals surface area contributed by atoms with Crippen molar-refractivity contribution in [2.45, 2.75) is 30.9 Å². The van der Waals surface area contributed by atoms with Gasteiger partial charge in [-0.15, -0.1) is 0 Å². The van der Waals surface area contributed by atoms with Crippen molar-refractivity contribution in [1.82, 2.24) is 10.3 Å². The van der Waals surface area contributed by atoms with E-state index >= 15 is 0 Å². The summed E-state index contributed by atoms with van der Waals surface area (Å²) in [7, 11) is 0. The molecule has 5 nitrogen and oxygen atoms in total. The number of amides is 1. The number of hydrogen-bond acceptors (Lipinski definition) is 4. The normalized spacial score (nSPS) is 22.8. The molecule has 2 aromatic rings. The third kappa shape index (κ3) is 3.65. The molecule has 1 amide bonds. The number of cyclic esters (lactones) is 1. The number of pyridine rings is 1. The van der Waals surface area contributed by atoms with E-state index in [1.807, 2.05) is 0 Å². The molecule has 0 unspecified atom stereocenters. The van der Waals surface area contributed by atoms with E-state index < -0.39 is 24.2 Å². The van der Waals surface area contributed by atoms with Gasteiger partial charge in [-0.25, -0.2) is 13.6 Å². The van der Waals surface area contributed by atoms with Crippen LogP contribution in [0, 0.1) is 29.1 Å². The molecule has 2 atom stereocenters. The lowest BCUT2D eigenvalue weighted by atomic mass is 9.82. The zero-order valence-corrected chi connectivity index (χ0v) is 14.7. The molecular weight excluding hydrogens is 364 g/mol. The standard InChI is InChI=1S/C21H15F2N3O2/c22-21(23)8-15(9-21)5-4-14-7-17(12-25-11-14)18-19(28-20(27)26-18)16-3-1-2-13(6-16)10-24/h1-3,6-7,11-12,15,18-19H,8-9H2,(H,26,27)/t18-,19-/m1/s1. The minimum absolute atomic E-state index is 0.211. The fraction of sp³-hybridized carbons (Fsp3) is 0.286. The van der Waals surface area contributed by atoms with E-state index in [2.05, 4.69) is 28.2 Å². The molecule has 140 valence electrons. The monoisotopic (exact) mass is 379 g/mol. The number of aromatic nitrogens is 1. The molecule has 2 aliphatic rings. The summed E-state index contributed by atoms with van der Waals surface area (Å²) in [6.45, 7) is 0. The van der Waals surface area contributed by atoms with Crippen LogP contribution in [0.1, 0.15) is 47.2 Å². The van der Waals surface area contributed by atoms with Crippen LogP contribution >= 0.6 is 0 Å². The molecular formula is C21H15F2N3O2. The predicted molar refractivity (Wildman–Crippen MR) is 95.0 cm³/mol. The lowest BCUT2D eigenvalue weighted by Crippen LogP contribution is -2.34. The number of nitrogens with one attached hydrogen (secondary N) is 1. The molecule has 1 saturated carbocycles. The van der Waals surface area contributed by atoms with Gasteiger partial charge in [0, 0.05) is 36.7 Å². The van der Waals surface area contributed by atoms with Gasteiger partial charge >= 0.3 is 6.09 Å². The van der Waals surface area contributed by atoms with Gasteiger partial charge in [0.15, 0.2) is 6.10 Å². The van der Waals surface area contributed by atoms with Gasteiger partial charge in [-0.05, 0) is 29.3 Å². The van der Waals surface area contributed by atoms with Gasteiger partial charge in [0.05, 0.1) is 11.6 Å². The number of hydrogen-bond donors (Lipinski definition) is 1. The Morgan fingerprint density at radius 2 is 1.96 bits per heavy atom. The number of rotatable bonds is 2. The number of alkyl halides is 2. The van der Waals surface area contributed by atoms with Gasteiger partial charge in [0.25, 0.3) is 5.92 Å². The van der Waals surface area contributed by atoms with Crippen molar-refractivity contribution in [2.24, 2.45) is 5.92 Å². The number of alkyl carbamates (subject to hydrolysis) is 1. The summed E-state index contributed by atoms with van der Waals surface area (Å²) in [5.74, 6) is 2.83. The number of nitriles is 1. The second-order valence-electron chi connectivity index (χ2n) is 6.92. The van der Waals surface area contributed by atoms with Crippen LogP contribution in [0.5, 0.6) is 0 Å². The fourth-order valence-electron chi connectivity index (χ4n) is 3.37. The van der Waals surface area contributed by atoms with E-state index in [4.69, 9.17) is 10.00 Å². The molecule has 4 rings (SSSR count). The number of ether oxygens (including phenoxy) is 1. The van der Waals surface area contributed by atoms with E-state index in [1.165, 1.54) is 0 Å². The lowest BCUT2D eigenvalue weighted by Gasteiger charge is -2.31. The Bertz CT molecular complexity index is 1030. The van der Waals surface area contributed by atoms with Gasteiger partial charge < -0.3 is 10.1 Å². The number of carbonyl (C=O) groups excluding carboxylic acids is 1. The summed E-state index contributed by atoms with van der Waals surface area (Å²) in [6.07, 6.45) is 1.55. The molecule has 1 saturated heterocycles. The Kier molecular flexibility index (Phi) is 4.44. The van der Waals surface area contributed by atoms with Crippen LogP contribution in [0.3, 0.4) is 0 Å². The van der Waals surface area contributed by atoms with Crippen molar-refractivity contribution in [3.05, 3.63) is 65.0 Å². The summed E-state index contributed by atoms with van der Waals surface area (Å²) >= 11 is 0. The molecule has 1 N–H and O–H groups in total. The van der Waals surface area contributed by atoms with Crippen LogP contribution in [-0.4, -0.2) is 17.0 Å². The number of carbonyl (C=O) groups is 1. The Morgan fingerprint density at radius 1 is 1.18 bits per heavy atom. The van der Waals surface area contributed by atoms with E-state index in [0.29, 0.717) is 22.3 Å². The van der Waals surface area contributed by atoms with Crippen molar-refractivity contribution in [1.29, 1.82) is 5.26 Å². The van der Waals surface area contributed by atoms with Crippen LogP contribution in [0.2, 0.25) is 0 Å². The van der Waals surface area contributed by atoms with Crippen molar-refractivity contribution in [3.8, 4) is 17.9 Å². The van der Waals surface area contributed by atoms with Gasteiger partial charge in [-0.2, -0.15) is 5.26 Å². The molecule has 1 aliphatic heterocycles. The highest BCUT2D eigenvalue weighted by atomic mass is 19.3. The summed E-state index contributed by atoms with van der Waals surface area (Å²) in [5, 5.41) is 11.8. The maximum atomic E-state index is 12.9. The van der Waals surface area contributed by atoms with Crippen LogP contribution < -0.4 is 5.32 Å². The molecule has 2 heterocycles. The van der Waals surface area contributed by atoms with Crippen molar-refractivity contribution in [3.63, 3.8) is 0 Å². The molecule has 2 fully saturated rings. The first-order valence-electron chi connectivity index (χ1n) is 8.75. The molecule has 0 spiro atoms. The van der Waals surface area contributed by atoms with Crippen molar-refractivity contribution < 1.29 is 18.3 Å².